The second kappa shape index (κ2) is 22.7. The van der Waals surface area contributed by atoms with Gasteiger partial charge in [0, 0.05) is 50.3 Å². The van der Waals surface area contributed by atoms with Crippen LogP contribution in [0.15, 0.2) is 243 Å². The second-order valence-corrected chi connectivity index (χ2v) is 17.8. The van der Waals surface area contributed by atoms with E-state index in [1.807, 2.05) is 25.2 Å². The van der Waals surface area contributed by atoms with E-state index in [0.29, 0.717) is 12.5 Å². The Morgan fingerprint density at radius 3 is 2.25 bits per heavy atom. The molecule has 0 amide bonds. The molecule has 1 unspecified atom stereocenters. The molecule has 0 aliphatic rings. The van der Waals surface area contributed by atoms with Crippen molar-refractivity contribution in [2.75, 3.05) is 11.4 Å². The molecule has 0 saturated heterocycles. The summed E-state index contributed by atoms with van der Waals surface area (Å²) in [5.74, 6) is 0.306. The molecule has 3 heteroatoms. The van der Waals surface area contributed by atoms with Gasteiger partial charge in [0.1, 0.15) is 0 Å². The SMILES string of the molecule is C=C/C=C\C=C/C(C)c1ccc(C(/C=C\CN(c2ccc(-c3ccccc3)cc2)c2cccc(/C(=C/C=C)c3c(C)n(-c4ccc5scc(/C=C\C=C/C)c5c4)c4ccccc34)c2)=C/CC)cc1. The lowest BCUT2D eigenvalue weighted by molar-refractivity contribution is 0.967. The highest BCUT2D eigenvalue weighted by atomic mass is 32.1. The molecule has 0 fully saturated rings. The molecule has 0 radical (unpaired) electrons. The third-order valence-corrected chi connectivity index (χ3v) is 13.4. The van der Waals surface area contributed by atoms with Gasteiger partial charge in [-0.25, -0.2) is 0 Å². The molecule has 0 aliphatic carbocycles. The Morgan fingerprint density at radius 1 is 0.706 bits per heavy atom. The highest BCUT2D eigenvalue weighted by Crippen LogP contribution is 2.40. The van der Waals surface area contributed by atoms with Gasteiger partial charge < -0.3 is 9.47 Å². The van der Waals surface area contributed by atoms with E-state index in [2.05, 4.69) is 255 Å². The van der Waals surface area contributed by atoms with E-state index in [-0.39, 0.29) is 0 Å². The number of nitrogens with zero attached hydrogens (tertiary/aromatic N) is 2. The van der Waals surface area contributed by atoms with Crippen molar-refractivity contribution in [1.82, 2.24) is 4.57 Å². The molecule has 2 heterocycles. The third-order valence-electron chi connectivity index (χ3n) is 12.4. The number of benzene rings is 6. The van der Waals surface area contributed by atoms with Crippen LogP contribution in [0.4, 0.5) is 11.4 Å². The fourth-order valence-electron chi connectivity index (χ4n) is 8.97. The van der Waals surface area contributed by atoms with E-state index in [1.54, 1.807) is 17.4 Å². The Labute approximate surface area is 408 Å². The first-order valence-electron chi connectivity index (χ1n) is 23.6. The van der Waals surface area contributed by atoms with Crippen LogP contribution < -0.4 is 4.90 Å². The predicted molar refractivity (Wildman–Crippen MR) is 301 cm³/mol. The third kappa shape index (κ3) is 10.6. The number of para-hydroxylation sites is 1. The van der Waals surface area contributed by atoms with Crippen LogP contribution in [0.2, 0.25) is 0 Å². The summed E-state index contributed by atoms with van der Waals surface area (Å²) in [7, 11) is 0. The smallest absolute Gasteiger partial charge is 0.0537 e. The molecule has 1 atom stereocenters. The van der Waals surface area contributed by atoms with E-state index in [4.69, 9.17) is 0 Å². The molecule has 0 N–H and O–H groups in total. The minimum absolute atomic E-state index is 0.306. The van der Waals surface area contributed by atoms with Gasteiger partial charge >= 0.3 is 0 Å². The van der Waals surface area contributed by atoms with Crippen LogP contribution in [0.3, 0.4) is 0 Å². The first kappa shape index (κ1) is 46.8. The van der Waals surface area contributed by atoms with E-state index < -0.39 is 0 Å². The normalized spacial score (nSPS) is 13.1. The first-order valence-corrected chi connectivity index (χ1v) is 24.5. The zero-order valence-corrected chi connectivity index (χ0v) is 40.5. The molecule has 2 aromatic heterocycles. The van der Waals surface area contributed by atoms with Crippen LogP contribution in [-0.4, -0.2) is 11.1 Å². The van der Waals surface area contributed by atoms with E-state index in [0.717, 1.165) is 34.6 Å². The maximum absolute atomic E-state index is 4.23. The lowest BCUT2D eigenvalue weighted by Crippen LogP contribution is -2.17. The maximum Gasteiger partial charge on any atom is 0.0537 e. The molecular weight excluding hydrogens is 841 g/mol. The van der Waals surface area contributed by atoms with Crippen molar-refractivity contribution in [3.8, 4) is 16.8 Å². The van der Waals surface area contributed by atoms with Crippen molar-refractivity contribution in [2.45, 2.75) is 40.0 Å². The van der Waals surface area contributed by atoms with Gasteiger partial charge in [0.25, 0.3) is 0 Å². The van der Waals surface area contributed by atoms with Crippen LogP contribution in [0.1, 0.15) is 66.6 Å². The van der Waals surface area contributed by atoms with Gasteiger partial charge in [-0.3, -0.25) is 0 Å². The summed E-state index contributed by atoms with van der Waals surface area (Å²) in [5, 5.41) is 4.71. The molecule has 0 bridgehead atoms. The monoisotopic (exact) mass is 900 g/mol. The molecule has 0 aliphatic heterocycles. The fraction of sp³-hybridized carbons (Fsp3) is 0.108. The van der Waals surface area contributed by atoms with Crippen LogP contribution in [0.5, 0.6) is 0 Å². The zero-order chi connectivity index (χ0) is 47.2. The van der Waals surface area contributed by atoms with E-state index >= 15 is 0 Å². The van der Waals surface area contributed by atoms with Gasteiger partial charge in [-0.2, -0.15) is 0 Å². The molecule has 0 saturated carbocycles. The van der Waals surface area contributed by atoms with Gasteiger partial charge in [0.05, 0.1) is 5.52 Å². The number of aromatic nitrogens is 1. The number of thiophene rings is 1. The lowest BCUT2D eigenvalue weighted by atomic mass is 9.94. The van der Waals surface area contributed by atoms with Crippen molar-refractivity contribution in [3.63, 3.8) is 0 Å². The van der Waals surface area contributed by atoms with Gasteiger partial charge in [-0.15, -0.1) is 11.3 Å². The fourth-order valence-corrected chi connectivity index (χ4v) is 9.88. The summed E-state index contributed by atoms with van der Waals surface area (Å²) in [4.78, 5) is 2.41. The van der Waals surface area contributed by atoms with Crippen molar-refractivity contribution in [1.29, 1.82) is 0 Å². The average Bonchev–Trinajstić information content (AvgIpc) is 3.92. The number of hydrogen-bond donors (Lipinski definition) is 0. The topological polar surface area (TPSA) is 8.17 Å². The second-order valence-electron chi connectivity index (χ2n) is 16.8. The lowest BCUT2D eigenvalue weighted by Gasteiger charge is -2.25. The Balaban J connectivity index is 1.17. The van der Waals surface area contributed by atoms with E-state index in [1.165, 1.54) is 65.6 Å². The molecule has 68 heavy (non-hydrogen) atoms. The minimum Gasteiger partial charge on any atom is -0.338 e. The average molecular weight is 901 g/mol. The zero-order valence-electron chi connectivity index (χ0n) is 39.7. The minimum atomic E-state index is 0.306. The summed E-state index contributed by atoms with van der Waals surface area (Å²) in [6, 6.07) is 53.2. The number of rotatable bonds is 18. The molecule has 0 spiro atoms. The molecule has 8 rings (SSSR count). The van der Waals surface area contributed by atoms with Crippen LogP contribution in [0.25, 0.3) is 55.0 Å². The quantitative estimate of drug-likeness (QED) is 0.0779. The molecule has 336 valence electrons. The van der Waals surface area contributed by atoms with E-state index in [9.17, 15) is 0 Å². The summed E-state index contributed by atoms with van der Waals surface area (Å²) >= 11 is 1.79. The summed E-state index contributed by atoms with van der Waals surface area (Å²) in [6.07, 6.45) is 30.5. The number of hydrogen-bond acceptors (Lipinski definition) is 2. The maximum atomic E-state index is 4.23. The summed E-state index contributed by atoms with van der Waals surface area (Å²) < 4.78 is 3.70. The van der Waals surface area contributed by atoms with Crippen LogP contribution in [0, 0.1) is 6.92 Å². The first-order chi connectivity index (χ1) is 33.4. The summed E-state index contributed by atoms with van der Waals surface area (Å²) in [5.41, 5.74) is 16.5. The Kier molecular flexibility index (Phi) is 15.6. The predicted octanol–water partition coefficient (Wildman–Crippen LogP) is 18.6. The Morgan fingerprint density at radius 2 is 1.49 bits per heavy atom. The van der Waals surface area contributed by atoms with Gasteiger partial charge in [0.15, 0.2) is 0 Å². The molecule has 8 aromatic rings. The van der Waals surface area contributed by atoms with Gasteiger partial charge in [0.2, 0.25) is 0 Å². The van der Waals surface area contributed by atoms with Crippen molar-refractivity contribution in [2.24, 2.45) is 0 Å². The van der Waals surface area contributed by atoms with Crippen molar-refractivity contribution >= 4 is 60.9 Å². The van der Waals surface area contributed by atoms with Crippen molar-refractivity contribution < 1.29 is 0 Å². The Bertz CT molecular complexity index is 3230. The molecule has 6 aromatic carbocycles. The number of fused-ring (bicyclic) bond motifs is 2. The standard InChI is InChI=1S/C65H60N2S/c1-7-11-13-16-25-48(5)50-34-36-53(37-35-50)51(23-9-3)30-22-44-66(57-40-38-54(39-41-57)52-26-17-14-18-27-52)58-31-21-29-55(45-58)60(24-10-4)65-49(6)67(63-33-20-19-32-61(63)65)59-42-43-64-62(46-59)56(47-68-64)28-15-12-8-2/h7-8,10-43,45-48H,1,4,9,44H2,2-3,5-6H3/b12-8-,13-11-,25-16-,28-15-,30-22-,51-23+,60-24-. The van der Waals surface area contributed by atoms with Crippen LogP contribution >= 0.6 is 11.3 Å². The van der Waals surface area contributed by atoms with Gasteiger partial charge in [-0.1, -0.05) is 209 Å². The number of allylic oxidation sites excluding steroid dienone is 13. The summed E-state index contributed by atoms with van der Waals surface area (Å²) in [6.45, 7) is 17.4. The van der Waals surface area contributed by atoms with Crippen LogP contribution in [-0.2, 0) is 0 Å². The Hall–Kier alpha value is -7.72. The highest BCUT2D eigenvalue weighted by Gasteiger charge is 2.21. The number of anilines is 2. The molecular formula is C65H60N2S. The highest BCUT2D eigenvalue weighted by molar-refractivity contribution is 7.17. The van der Waals surface area contributed by atoms with Crippen molar-refractivity contribution in [3.05, 3.63) is 277 Å². The largest absolute Gasteiger partial charge is 0.338 e. The van der Waals surface area contributed by atoms with Gasteiger partial charge in [-0.05, 0) is 125 Å². The molecule has 2 nitrogen and oxygen atoms in total.